The molecule has 1 aromatic carbocycles. The second-order valence-corrected chi connectivity index (χ2v) is 8.09. The van der Waals surface area contributed by atoms with Gasteiger partial charge in [0.05, 0.1) is 4.90 Å². The van der Waals surface area contributed by atoms with E-state index in [2.05, 4.69) is 17.2 Å². The molecule has 0 amide bonds. The maximum atomic E-state index is 13.1. The van der Waals surface area contributed by atoms with Crippen molar-refractivity contribution in [1.29, 1.82) is 0 Å². The highest BCUT2D eigenvalue weighted by atomic mass is 32.2. The molecule has 0 bridgehead atoms. The van der Waals surface area contributed by atoms with Crippen LogP contribution in [0, 0.1) is 0 Å². The summed E-state index contributed by atoms with van der Waals surface area (Å²) < 4.78 is 27.8. The maximum Gasteiger partial charge on any atom is 0.255 e. The first kappa shape index (κ1) is 17.1. The highest BCUT2D eigenvalue weighted by molar-refractivity contribution is 7.89. The fourth-order valence-corrected chi connectivity index (χ4v) is 4.96. The summed E-state index contributed by atoms with van der Waals surface area (Å²) in [5.74, 6) is 0. The molecule has 0 radical (unpaired) electrons. The number of H-pyrrole nitrogens is 1. The summed E-state index contributed by atoms with van der Waals surface area (Å²) in [5.41, 5.74) is -0.273. The Bertz CT molecular complexity index is 876. The van der Waals surface area contributed by atoms with Crippen molar-refractivity contribution < 1.29 is 8.42 Å². The minimum Gasteiger partial charge on any atom is -0.329 e. The summed E-state index contributed by atoms with van der Waals surface area (Å²) in [7, 11) is -3.62. The van der Waals surface area contributed by atoms with E-state index < -0.39 is 10.0 Å². The molecule has 3 rings (SSSR count). The second kappa shape index (κ2) is 7.04. The van der Waals surface area contributed by atoms with Crippen molar-refractivity contribution in [3.8, 4) is 0 Å². The van der Waals surface area contributed by atoms with Gasteiger partial charge in [-0.25, -0.2) is 8.42 Å². The predicted molar refractivity (Wildman–Crippen MR) is 94.6 cm³/mol. The number of piperidine rings is 1. The molecule has 2 heterocycles. The van der Waals surface area contributed by atoms with Gasteiger partial charge in [0.1, 0.15) is 0 Å². The van der Waals surface area contributed by atoms with Crippen LogP contribution in [0.15, 0.2) is 40.2 Å². The summed E-state index contributed by atoms with van der Waals surface area (Å²) in [6, 6.07) is 6.70. The van der Waals surface area contributed by atoms with Crippen molar-refractivity contribution in [3.05, 3.63) is 40.8 Å². The number of pyridine rings is 1. The lowest BCUT2D eigenvalue weighted by Crippen LogP contribution is -2.48. The maximum absolute atomic E-state index is 13.1. The number of hydrogen-bond acceptors (Lipinski definition) is 4. The number of sulfonamides is 1. The number of nitrogens with one attached hydrogen (secondary N) is 2. The smallest absolute Gasteiger partial charge is 0.255 e. The van der Waals surface area contributed by atoms with E-state index in [0.717, 1.165) is 25.8 Å². The Morgan fingerprint density at radius 2 is 2.12 bits per heavy atom. The van der Waals surface area contributed by atoms with Gasteiger partial charge >= 0.3 is 0 Å². The van der Waals surface area contributed by atoms with E-state index in [1.54, 1.807) is 28.6 Å². The predicted octanol–water partition coefficient (Wildman–Crippen LogP) is 1.68. The monoisotopic (exact) mass is 349 g/mol. The zero-order chi connectivity index (χ0) is 17.2. The lowest BCUT2D eigenvalue weighted by atomic mass is 10.1. The average Bonchev–Trinajstić information content (AvgIpc) is 2.60. The fraction of sp³-hybridized carbons (Fsp3) is 0.471. The summed E-state index contributed by atoms with van der Waals surface area (Å²) >= 11 is 0. The zero-order valence-electron chi connectivity index (χ0n) is 13.8. The van der Waals surface area contributed by atoms with Crippen LogP contribution in [0.25, 0.3) is 10.8 Å². The molecule has 2 N–H and O–H groups in total. The van der Waals surface area contributed by atoms with Crippen LogP contribution in [0.2, 0.25) is 0 Å². The van der Waals surface area contributed by atoms with Gasteiger partial charge in [0.25, 0.3) is 5.56 Å². The normalized spacial score (nSPS) is 19.6. The Balaban J connectivity index is 1.96. The highest BCUT2D eigenvalue weighted by Crippen LogP contribution is 2.26. The number of nitrogens with zero attached hydrogens (tertiary/aromatic N) is 1. The van der Waals surface area contributed by atoms with Crippen molar-refractivity contribution >= 4 is 20.8 Å². The standard InChI is InChI=1S/C17H23N3O3S/c1-2-9-18-13-5-4-11-20(12-13)24(22,23)16-7-3-6-15-14(16)8-10-19-17(15)21/h3,6-8,10,13,18H,2,4-5,9,11-12H2,1H3,(H,19,21). The lowest BCUT2D eigenvalue weighted by molar-refractivity contribution is 0.284. The highest BCUT2D eigenvalue weighted by Gasteiger charge is 2.31. The molecule has 1 saturated heterocycles. The van der Waals surface area contributed by atoms with Gasteiger partial charge in [-0.05, 0) is 44.0 Å². The van der Waals surface area contributed by atoms with Crippen molar-refractivity contribution in [3.63, 3.8) is 0 Å². The summed E-state index contributed by atoms with van der Waals surface area (Å²) in [6.07, 6.45) is 4.34. The molecule has 1 aromatic heterocycles. The molecule has 1 unspecified atom stereocenters. The van der Waals surface area contributed by atoms with E-state index in [1.807, 2.05) is 0 Å². The molecule has 0 spiro atoms. The summed E-state index contributed by atoms with van der Waals surface area (Å²) in [4.78, 5) is 14.7. The van der Waals surface area contributed by atoms with Gasteiger partial charge in [-0.15, -0.1) is 0 Å². The number of aromatic amines is 1. The van der Waals surface area contributed by atoms with Crippen LogP contribution in [0.5, 0.6) is 0 Å². The lowest BCUT2D eigenvalue weighted by Gasteiger charge is -2.32. The molecule has 7 heteroatoms. The number of fused-ring (bicyclic) bond motifs is 1. The van der Waals surface area contributed by atoms with Crippen LogP contribution < -0.4 is 10.9 Å². The van der Waals surface area contributed by atoms with E-state index in [9.17, 15) is 13.2 Å². The van der Waals surface area contributed by atoms with Crippen molar-refractivity contribution in [2.45, 2.75) is 37.1 Å². The van der Waals surface area contributed by atoms with Crippen LogP contribution in [-0.4, -0.2) is 43.4 Å². The van der Waals surface area contributed by atoms with Crippen molar-refractivity contribution in [2.24, 2.45) is 0 Å². The first-order valence-electron chi connectivity index (χ1n) is 8.38. The molecule has 130 valence electrons. The Morgan fingerprint density at radius 1 is 1.29 bits per heavy atom. The van der Waals surface area contributed by atoms with E-state index >= 15 is 0 Å². The molecule has 6 nitrogen and oxygen atoms in total. The van der Waals surface area contributed by atoms with Crippen LogP contribution in [0.3, 0.4) is 0 Å². The van der Waals surface area contributed by atoms with Gasteiger partial charge in [0.15, 0.2) is 0 Å². The molecule has 1 fully saturated rings. The SMILES string of the molecule is CCCNC1CCCN(S(=O)(=O)c2cccc3c(=O)[nH]ccc23)C1. The summed E-state index contributed by atoms with van der Waals surface area (Å²) in [5, 5.41) is 4.29. The number of hydrogen-bond donors (Lipinski definition) is 2. The van der Waals surface area contributed by atoms with E-state index in [1.165, 1.54) is 6.20 Å². The van der Waals surface area contributed by atoms with Gasteiger partial charge in [0, 0.05) is 36.1 Å². The first-order chi connectivity index (χ1) is 11.5. The van der Waals surface area contributed by atoms with Gasteiger partial charge in [0.2, 0.25) is 10.0 Å². The molecule has 2 aromatic rings. The van der Waals surface area contributed by atoms with Crippen LogP contribution >= 0.6 is 0 Å². The van der Waals surface area contributed by atoms with E-state index in [4.69, 9.17) is 0 Å². The minimum absolute atomic E-state index is 0.187. The summed E-state index contributed by atoms with van der Waals surface area (Å²) in [6.45, 7) is 3.98. The van der Waals surface area contributed by atoms with Crippen LogP contribution in [0.4, 0.5) is 0 Å². The van der Waals surface area contributed by atoms with Crippen LogP contribution in [0.1, 0.15) is 26.2 Å². The first-order valence-corrected chi connectivity index (χ1v) is 9.82. The molecule has 24 heavy (non-hydrogen) atoms. The average molecular weight is 349 g/mol. The second-order valence-electron chi connectivity index (χ2n) is 6.18. The number of rotatable bonds is 5. The van der Waals surface area contributed by atoms with Crippen molar-refractivity contribution in [1.82, 2.24) is 14.6 Å². The Labute approximate surface area is 141 Å². The number of benzene rings is 1. The topological polar surface area (TPSA) is 82.3 Å². The van der Waals surface area contributed by atoms with Crippen molar-refractivity contribution in [2.75, 3.05) is 19.6 Å². The molecule has 0 aliphatic carbocycles. The molecular weight excluding hydrogens is 326 g/mol. The molecule has 1 atom stereocenters. The van der Waals surface area contributed by atoms with Gasteiger partial charge in [-0.3, -0.25) is 4.79 Å². The van der Waals surface area contributed by atoms with Gasteiger partial charge in [-0.2, -0.15) is 4.31 Å². The third-order valence-electron chi connectivity index (χ3n) is 4.46. The van der Waals surface area contributed by atoms with E-state index in [0.29, 0.717) is 23.9 Å². The van der Waals surface area contributed by atoms with Crippen LogP contribution in [-0.2, 0) is 10.0 Å². The molecular formula is C17H23N3O3S. The third kappa shape index (κ3) is 3.24. The molecule has 0 saturated carbocycles. The zero-order valence-corrected chi connectivity index (χ0v) is 14.6. The fourth-order valence-electron chi connectivity index (χ4n) is 3.23. The van der Waals surface area contributed by atoms with Gasteiger partial charge in [-0.1, -0.05) is 13.0 Å². The molecule has 1 aliphatic heterocycles. The van der Waals surface area contributed by atoms with Gasteiger partial charge < -0.3 is 10.3 Å². The Morgan fingerprint density at radius 3 is 2.92 bits per heavy atom. The van der Waals surface area contributed by atoms with E-state index in [-0.39, 0.29) is 16.5 Å². The Kier molecular flexibility index (Phi) is 5.03. The Hall–Kier alpha value is -1.70. The largest absolute Gasteiger partial charge is 0.329 e. The molecule has 1 aliphatic rings. The number of aromatic nitrogens is 1. The quantitative estimate of drug-likeness (QED) is 0.860. The third-order valence-corrected chi connectivity index (χ3v) is 6.38. The minimum atomic E-state index is -3.62.